The Balaban J connectivity index is 1.38. The molecule has 0 aliphatic carbocycles. The van der Waals surface area contributed by atoms with E-state index in [9.17, 15) is 13.2 Å². The molecule has 1 saturated heterocycles. The third-order valence-electron chi connectivity index (χ3n) is 6.11. The molecule has 1 aliphatic rings. The number of piperazine rings is 1. The number of anilines is 1. The second-order valence-corrected chi connectivity index (χ2v) is 11.0. The molecule has 12 heteroatoms. The minimum absolute atomic E-state index is 0.239. The highest BCUT2D eigenvalue weighted by molar-refractivity contribution is 7.88. The van der Waals surface area contributed by atoms with Crippen molar-refractivity contribution in [1.29, 1.82) is 5.26 Å². The van der Waals surface area contributed by atoms with Crippen molar-refractivity contribution in [1.82, 2.24) is 19.2 Å². The molecule has 0 amide bonds. The maximum atomic E-state index is 12.6. The van der Waals surface area contributed by atoms with Gasteiger partial charge in [-0.2, -0.15) is 9.57 Å². The van der Waals surface area contributed by atoms with E-state index < -0.39 is 10.0 Å². The number of aryl methyl sites for hydroxylation is 1. The maximum absolute atomic E-state index is 12.6. The first-order valence-corrected chi connectivity index (χ1v) is 13.6. The molecule has 190 valence electrons. The second kappa shape index (κ2) is 10.8. The number of H-pyrrole nitrogens is 1. The highest BCUT2D eigenvalue weighted by atomic mass is 35.5. The standard InChI is InChI=1S/C24H27ClN6O4S/c1-16-17(14-26)3-4-23(28-16)27-15-19-11-18-12-20(25)22(13-21(18)29-24(19)32)35-10-9-30-5-7-31(8-6-30)36(2,33)34/h3-4,11-13H,5-10,15H2,1-2H3,(H,27,28)(H,29,32). The Morgan fingerprint density at radius 1 is 1.22 bits per heavy atom. The van der Waals surface area contributed by atoms with E-state index in [0.29, 0.717) is 78.3 Å². The quantitative estimate of drug-likeness (QED) is 0.453. The molecule has 3 aromatic rings. The van der Waals surface area contributed by atoms with Gasteiger partial charge >= 0.3 is 0 Å². The third-order valence-corrected chi connectivity index (χ3v) is 7.70. The summed E-state index contributed by atoms with van der Waals surface area (Å²) in [6, 6.07) is 10.7. The average molecular weight is 531 g/mol. The van der Waals surface area contributed by atoms with Crippen LogP contribution in [0.25, 0.3) is 10.9 Å². The SMILES string of the molecule is Cc1nc(NCc2cc3cc(Cl)c(OCCN4CCN(S(C)(=O)=O)CC4)cc3[nH]c2=O)ccc1C#N. The van der Waals surface area contributed by atoms with Crippen LogP contribution in [0.15, 0.2) is 35.1 Å². The molecule has 36 heavy (non-hydrogen) atoms. The number of pyridine rings is 2. The topological polar surface area (TPSA) is 131 Å². The molecule has 0 saturated carbocycles. The normalized spacial score (nSPS) is 15.1. The van der Waals surface area contributed by atoms with Crippen LogP contribution in [-0.2, 0) is 16.6 Å². The van der Waals surface area contributed by atoms with Crippen molar-refractivity contribution < 1.29 is 13.2 Å². The molecule has 0 atom stereocenters. The fourth-order valence-electron chi connectivity index (χ4n) is 4.03. The zero-order valence-electron chi connectivity index (χ0n) is 20.0. The van der Waals surface area contributed by atoms with Crippen LogP contribution in [0.5, 0.6) is 5.75 Å². The molecule has 2 aromatic heterocycles. The molecule has 10 nitrogen and oxygen atoms in total. The highest BCUT2D eigenvalue weighted by Gasteiger charge is 2.23. The fourth-order valence-corrected chi connectivity index (χ4v) is 5.08. The molecular weight excluding hydrogens is 504 g/mol. The van der Waals surface area contributed by atoms with Gasteiger partial charge in [-0.05, 0) is 31.2 Å². The van der Waals surface area contributed by atoms with E-state index in [0.717, 1.165) is 5.39 Å². The van der Waals surface area contributed by atoms with Crippen molar-refractivity contribution in [3.63, 3.8) is 0 Å². The number of nitrogens with zero attached hydrogens (tertiary/aromatic N) is 4. The monoisotopic (exact) mass is 530 g/mol. The Bertz CT molecular complexity index is 1480. The first-order valence-electron chi connectivity index (χ1n) is 11.4. The van der Waals surface area contributed by atoms with Crippen molar-refractivity contribution in [2.75, 3.05) is 50.9 Å². The number of benzene rings is 1. The molecule has 4 rings (SSSR count). The van der Waals surface area contributed by atoms with Crippen LogP contribution in [0, 0.1) is 18.3 Å². The summed E-state index contributed by atoms with van der Waals surface area (Å²) in [7, 11) is -3.16. The summed E-state index contributed by atoms with van der Waals surface area (Å²) in [5.41, 5.74) is 2.01. The fraction of sp³-hybridized carbons (Fsp3) is 0.375. The smallest absolute Gasteiger partial charge is 0.253 e. The van der Waals surface area contributed by atoms with Crippen molar-refractivity contribution in [3.8, 4) is 11.8 Å². The van der Waals surface area contributed by atoms with Crippen molar-refractivity contribution >= 4 is 38.3 Å². The van der Waals surface area contributed by atoms with Crippen LogP contribution in [0.4, 0.5) is 5.82 Å². The van der Waals surface area contributed by atoms with Gasteiger partial charge in [0.2, 0.25) is 10.0 Å². The Hall–Kier alpha value is -3.17. The maximum Gasteiger partial charge on any atom is 0.253 e. The Morgan fingerprint density at radius 2 is 1.97 bits per heavy atom. The van der Waals surface area contributed by atoms with Gasteiger partial charge in [-0.3, -0.25) is 9.69 Å². The van der Waals surface area contributed by atoms with Gasteiger partial charge in [0.15, 0.2) is 0 Å². The van der Waals surface area contributed by atoms with Crippen LogP contribution in [-0.4, -0.2) is 73.2 Å². The number of ether oxygens (including phenoxy) is 1. The van der Waals surface area contributed by atoms with Gasteiger partial charge in [-0.25, -0.2) is 13.4 Å². The van der Waals surface area contributed by atoms with Gasteiger partial charge in [-0.1, -0.05) is 11.6 Å². The van der Waals surface area contributed by atoms with E-state index in [4.69, 9.17) is 21.6 Å². The number of hydrogen-bond acceptors (Lipinski definition) is 8. The zero-order valence-corrected chi connectivity index (χ0v) is 21.6. The lowest BCUT2D eigenvalue weighted by atomic mass is 10.1. The number of sulfonamides is 1. The van der Waals surface area contributed by atoms with E-state index in [-0.39, 0.29) is 12.1 Å². The number of aromatic nitrogens is 2. The molecule has 0 unspecified atom stereocenters. The lowest BCUT2D eigenvalue weighted by molar-refractivity contribution is 0.159. The number of nitrogens with one attached hydrogen (secondary N) is 2. The molecule has 1 aliphatic heterocycles. The van der Waals surface area contributed by atoms with E-state index in [2.05, 4.69) is 26.3 Å². The zero-order chi connectivity index (χ0) is 25.9. The van der Waals surface area contributed by atoms with Gasteiger partial charge in [0.25, 0.3) is 5.56 Å². The lowest BCUT2D eigenvalue weighted by Gasteiger charge is -2.33. The summed E-state index contributed by atoms with van der Waals surface area (Å²) >= 11 is 6.45. The number of aromatic amines is 1. The highest BCUT2D eigenvalue weighted by Crippen LogP contribution is 2.29. The summed E-state index contributed by atoms with van der Waals surface area (Å²) < 4.78 is 30.6. The van der Waals surface area contributed by atoms with E-state index in [1.807, 2.05) is 0 Å². The lowest BCUT2D eigenvalue weighted by Crippen LogP contribution is -2.49. The number of hydrogen-bond donors (Lipinski definition) is 2. The predicted molar refractivity (Wildman–Crippen MR) is 139 cm³/mol. The van der Waals surface area contributed by atoms with Crippen LogP contribution in [0.1, 0.15) is 16.8 Å². The van der Waals surface area contributed by atoms with Gasteiger partial charge in [-0.15, -0.1) is 0 Å². The third kappa shape index (κ3) is 6.14. The van der Waals surface area contributed by atoms with Crippen LogP contribution < -0.4 is 15.6 Å². The average Bonchev–Trinajstić information content (AvgIpc) is 2.83. The van der Waals surface area contributed by atoms with Crippen molar-refractivity contribution in [3.05, 3.63) is 62.5 Å². The van der Waals surface area contributed by atoms with Gasteiger partial charge in [0, 0.05) is 56.3 Å². The van der Waals surface area contributed by atoms with E-state index >= 15 is 0 Å². The first kappa shape index (κ1) is 25.9. The molecule has 0 bridgehead atoms. The summed E-state index contributed by atoms with van der Waals surface area (Å²) in [5.74, 6) is 1.04. The van der Waals surface area contributed by atoms with Gasteiger partial charge in [0.1, 0.15) is 24.2 Å². The molecule has 1 fully saturated rings. The molecule has 3 heterocycles. The first-order chi connectivity index (χ1) is 17.1. The van der Waals surface area contributed by atoms with Gasteiger partial charge < -0.3 is 15.0 Å². The van der Waals surface area contributed by atoms with Crippen LogP contribution >= 0.6 is 11.6 Å². The van der Waals surface area contributed by atoms with Gasteiger partial charge in [0.05, 0.1) is 28.1 Å². The second-order valence-electron chi connectivity index (χ2n) is 8.64. The summed E-state index contributed by atoms with van der Waals surface area (Å²) in [6.07, 6.45) is 1.23. The number of rotatable bonds is 8. The van der Waals surface area contributed by atoms with Crippen LogP contribution in [0.2, 0.25) is 5.02 Å². The molecule has 2 N–H and O–H groups in total. The summed E-state index contributed by atoms with van der Waals surface area (Å²) in [4.78, 5) is 22.0. The minimum Gasteiger partial charge on any atom is -0.491 e. The summed E-state index contributed by atoms with van der Waals surface area (Å²) in [5, 5.41) is 13.4. The number of nitriles is 1. The van der Waals surface area contributed by atoms with Crippen LogP contribution in [0.3, 0.4) is 0 Å². The Kier molecular flexibility index (Phi) is 7.80. The molecule has 1 aromatic carbocycles. The van der Waals surface area contributed by atoms with Crippen molar-refractivity contribution in [2.24, 2.45) is 0 Å². The molecular formula is C24H27ClN6O4S. The number of halogens is 1. The predicted octanol–water partition coefficient (Wildman–Crippen LogP) is 2.32. The largest absolute Gasteiger partial charge is 0.491 e. The molecule has 0 spiro atoms. The van der Waals surface area contributed by atoms with Crippen molar-refractivity contribution in [2.45, 2.75) is 13.5 Å². The summed E-state index contributed by atoms with van der Waals surface area (Å²) in [6.45, 7) is 5.25. The van der Waals surface area contributed by atoms with E-state index in [1.165, 1.54) is 10.6 Å². The Morgan fingerprint density at radius 3 is 2.64 bits per heavy atom. The van der Waals surface area contributed by atoms with E-state index in [1.54, 1.807) is 37.3 Å². The Labute approximate surface area is 214 Å². The number of fused-ring (bicyclic) bond motifs is 1. The minimum atomic E-state index is -3.16. The molecule has 0 radical (unpaired) electrons.